The Balaban J connectivity index is 1.37. The molecular weight excluding hydrogens is 554 g/mol. The molecule has 1 atom stereocenters. The number of carbonyl (C=O) groups is 1. The number of hydrogen-bond acceptors (Lipinski definition) is 4. The number of ether oxygens (including phenoxy) is 3. The maximum Gasteiger partial charge on any atom is 0.432 e. The predicted octanol–water partition coefficient (Wildman–Crippen LogP) is 7.84. The second-order valence-corrected chi connectivity index (χ2v) is 11.7. The molecule has 3 aliphatic rings. The Labute approximate surface area is 227 Å². The molecule has 5 nitrogen and oxygen atoms in total. The van der Waals surface area contributed by atoms with E-state index in [1.54, 1.807) is 31.7 Å². The molecule has 1 amide bonds. The average molecular weight is 577 g/mol. The molecule has 3 aliphatic heterocycles. The van der Waals surface area contributed by atoms with Crippen LogP contribution >= 0.6 is 34.8 Å². The molecule has 1 unspecified atom stereocenters. The quantitative estimate of drug-likeness (QED) is 0.342. The molecule has 0 N–H and O–H groups in total. The van der Waals surface area contributed by atoms with Crippen molar-refractivity contribution in [1.29, 1.82) is 0 Å². The smallest absolute Gasteiger partial charge is 0.432 e. The Hall–Kier alpha value is -2.13. The van der Waals surface area contributed by atoms with Crippen molar-refractivity contribution in [3.8, 4) is 0 Å². The van der Waals surface area contributed by atoms with Crippen LogP contribution in [-0.2, 0) is 32.0 Å². The van der Waals surface area contributed by atoms with E-state index in [0.717, 1.165) is 29.5 Å². The Kier molecular flexibility index (Phi) is 6.22. The number of likely N-dealkylation sites (tertiary alicyclic amines) is 1. The van der Waals surface area contributed by atoms with Crippen molar-refractivity contribution in [1.82, 2.24) is 4.90 Å². The lowest BCUT2D eigenvalue weighted by atomic mass is 9.83. The molecule has 198 valence electrons. The first-order valence-corrected chi connectivity index (χ1v) is 12.6. The van der Waals surface area contributed by atoms with Crippen LogP contribution in [0.15, 0.2) is 36.6 Å². The van der Waals surface area contributed by atoms with Crippen molar-refractivity contribution < 1.29 is 32.2 Å². The van der Waals surface area contributed by atoms with Crippen LogP contribution in [0.5, 0.6) is 0 Å². The molecule has 3 heterocycles. The van der Waals surface area contributed by atoms with Gasteiger partial charge >= 0.3 is 12.3 Å². The number of fused-ring (bicyclic) bond motifs is 2. The monoisotopic (exact) mass is 575 g/mol. The van der Waals surface area contributed by atoms with Crippen LogP contribution in [0.25, 0.3) is 5.57 Å². The summed E-state index contributed by atoms with van der Waals surface area (Å²) in [7, 11) is 0. The maximum absolute atomic E-state index is 14.4. The first kappa shape index (κ1) is 26.5. The molecule has 1 fully saturated rings. The van der Waals surface area contributed by atoms with Gasteiger partial charge in [0.1, 0.15) is 11.2 Å². The largest absolute Gasteiger partial charge is 0.480 e. The molecule has 37 heavy (non-hydrogen) atoms. The topological polar surface area (TPSA) is 48.0 Å². The lowest BCUT2D eigenvalue weighted by molar-refractivity contribution is -0.260. The number of benzene rings is 2. The number of carbonyl (C=O) groups excluding carboxylic acids is 1. The summed E-state index contributed by atoms with van der Waals surface area (Å²) < 4.78 is 60.0. The van der Waals surface area contributed by atoms with Crippen molar-refractivity contribution in [3.63, 3.8) is 0 Å². The van der Waals surface area contributed by atoms with Gasteiger partial charge in [-0.2, -0.15) is 13.2 Å². The Morgan fingerprint density at radius 2 is 1.70 bits per heavy atom. The fraction of sp³-hybridized carbons (Fsp3) is 0.423. The van der Waals surface area contributed by atoms with Crippen molar-refractivity contribution in [2.75, 3.05) is 13.1 Å². The van der Waals surface area contributed by atoms with E-state index in [0.29, 0.717) is 24.2 Å². The van der Waals surface area contributed by atoms with E-state index in [1.165, 1.54) is 0 Å². The molecule has 11 heteroatoms. The second-order valence-electron chi connectivity index (χ2n) is 10.5. The van der Waals surface area contributed by atoms with Crippen LogP contribution in [0.1, 0.15) is 49.4 Å². The summed E-state index contributed by atoms with van der Waals surface area (Å²) in [5, 5.41) is -0.208. The molecule has 0 aromatic heterocycles. The van der Waals surface area contributed by atoms with Crippen LogP contribution in [0, 0.1) is 0 Å². The molecule has 5 rings (SSSR count). The van der Waals surface area contributed by atoms with Crippen molar-refractivity contribution >= 4 is 46.5 Å². The Bertz CT molecular complexity index is 1290. The lowest BCUT2D eigenvalue weighted by Gasteiger charge is -2.47. The third kappa shape index (κ3) is 4.46. The van der Waals surface area contributed by atoms with Gasteiger partial charge in [0.05, 0.1) is 41.0 Å². The molecule has 1 spiro atoms. The third-order valence-electron chi connectivity index (χ3n) is 6.76. The van der Waals surface area contributed by atoms with E-state index < -0.39 is 35.5 Å². The first-order valence-electron chi connectivity index (χ1n) is 11.5. The lowest BCUT2D eigenvalue weighted by Crippen LogP contribution is -2.61. The highest BCUT2D eigenvalue weighted by Gasteiger charge is 2.61. The van der Waals surface area contributed by atoms with Crippen LogP contribution in [-0.4, -0.2) is 35.9 Å². The molecule has 0 aliphatic carbocycles. The summed E-state index contributed by atoms with van der Waals surface area (Å²) in [6.07, 6.45) is -4.51. The first-order chi connectivity index (χ1) is 17.1. The van der Waals surface area contributed by atoms with Crippen LogP contribution in [0.3, 0.4) is 0 Å². The van der Waals surface area contributed by atoms with Crippen molar-refractivity contribution in [2.24, 2.45) is 0 Å². The predicted molar refractivity (Wildman–Crippen MR) is 134 cm³/mol. The van der Waals surface area contributed by atoms with Gasteiger partial charge in [-0.05, 0) is 61.2 Å². The zero-order chi connectivity index (χ0) is 27.0. The van der Waals surface area contributed by atoms with Crippen LogP contribution in [0.2, 0.25) is 15.1 Å². The standard InChI is InChI=1S/C26H23Cl3F3NO4/c1-23(2,3)37-22(34)33-12-24(13-33)18-5-4-14(6-15(18)10-35-24)16-9-25(36-11-16,26(30,31)32)17-7-19(27)21(29)20(28)8-17/h4-8,11H,9-10,12-13H2,1-3H3. The van der Waals surface area contributed by atoms with E-state index in [4.69, 9.17) is 49.0 Å². The Morgan fingerprint density at radius 3 is 2.30 bits per heavy atom. The molecule has 2 aromatic rings. The molecule has 1 saturated heterocycles. The average Bonchev–Trinajstić information content (AvgIpc) is 3.37. The molecule has 0 bridgehead atoms. The van der Waals surface area contributed by atoms with E-state index in [-0.39, 0.29) is 27.2 Å². The zero-order valence-corrected chi connectivity index (χ0v) is 22.4. The van der Waals surface area contributed by atoms with Gasteiger partial charge in [-0.15, -0.1) is 0 Å². The van der Waals surface area contributed by atoms with Gasteiger partial charge in [0.15, 0.2) is 0 Å². The van der Waals surface area contributed by atoms with Gasteiger partial charge in [-0.3, -0.25) is 0 Å². The molecular formula is C26H23Cl3F3NO4. The highest BCUT2D eigenvalue weighted by atomic mass is 35.5. The molecule has 2 aromatic carbocycles. The zero-order valence-electron chi connectivity index (χ0n) is 20.1. The fourth-order valence-electron chi connectivity index (χ4n) is 4.92. The van der Waals surface area contributed by atoms with Crippen molar-refractivity contribution in [3.05, 3.63) is 73.9 Å². The molecule has 0 radical (unpaired) electrons. The van der Waals surface area contributed by atoms with Gasteiger partial charge in [-0.1, -0.05) is 46.9 Å². The second kappa shape index (κ2) is 8.70. The van der Waals surface area contributed by atoms with Crippen LogP contribution in [0.4, 0.5) is 18.0 Å². The third-order valence-corrected chi connectivity index (χ3v) is 7.96. The van der Waals surface area contributed by atoms with Crippen molar-refractivity contribution in [2.45, 2.75) is 56.8 Å². The summed E-state index contributed by atoms with van der Waals surface area (Å²) in [4.78, 5) is 13.9. The minimum Gasteiger partial charge on any atom is -0.480 e. The van der Waals surface area contributed by atoms with Gasteiger partial charge in [0, 0.05) is 12.0 Å². The SMILES string of the molecule is CC(C)(C)OC(=O)N1CC2(C1)OCc1cc(C3=COC(c4cc(Cl)c(Cl)c(Cl)c4)(C(F)(F)F)C3)ccc12. The summed E-state index contributed by atoms with van der Waals surface area (Å²) in [6, 6.07) is 7.66. The number of amides is 1. The summed E-state index contributed by atoms with van der Waals surface area (Å²) in [5.41, 5.74) is -1.41. The van der Waals surface area contributed by atoms with Gasteiger partial charge in [-0.25, -0.2) is 4.79 Å². The highest BCUT2D eigenvalue weighted by Crippen LogP contribution is 2.54. The van der Waals surface area contributed by atoms with E-state index >= 15 is 0 Å². The minimum absolute atomic E-state index is 0.0237. The number of alkyl halides is 3. The summed E-state index contributed by atoms with van der Waals surface area (Å²) >= 11 is 18.0. The number of nitrogens with zero attached hydrogens (tertiary/aromatic N) is 1. The van der Waals surface area contributed by atoms with E-state index in [2.05, 4.69) is 0 Å². The summed E-state index contributed by atoms with van der Waals surface area (Å²) in [5.74, 6) is 0. The number of hydrogen-bond donors (Lipinski definition) is 0. The summed E-state index contributed by atoms with van der Waals surface area (Å²) in [6.45, 7) is 6.37. The fourth-order valence-corrected chi connectivity index (χ4v) is 5.52. The van der Waals surface area contributed by atoms with E-state index in [1.807, 2.05) is 12.1 Å². The van der Waals surface area contributed by atoms with Crippen LogP contribution < -0.4 is 0 Å². The van der Waals surface area contributed by atoms with E-state index in [9.17, 15) is 18.0 Å². The minimum atomic E-state index is -4.76. The Morgan fingerprint density at radius 1 is 1.05 bits per heavy atom. The van der Waals surface area contributed by atoms with Gasteiger partial charge in [0.2, 0.25) is 5.60 Å². The van der Waals surface area contributed by atoms with Gasteiger partial charge < -0.3 is 19.1 Å². The number of halogens is 6. The number of rotatable bonds is 2. The maximum atomic E-state index is 14.4. The highest BCUT2D eigenvalue weighted by molar-refractivity contribution is 6.48. The normalized spacial score (nSPS) is 22.4. The van der Waals surface area contributed by atoms with Gasteiger partial charge in [0.25, 0.3) is 0 Å². The molecule has 0 saturated carbocycles.